The van der Waals surface area contributed by atoms with Gasteiger partial charge in [0.15, 0.2) is 0 Å². The van der Waals surface area contributed by atoms with Crippen LogP contribution in [0.5, 0.6) is 0 Å². The Morgan fingerprint density at radius 1 is 0.784 bits per heavy atom. The summed E-state index contributed by atoms with van der Waals surface area (Å²) in [6.45, 7) is 9.65. The summed E-state index contributed by atoms with van der Waals surface area (Å²) in [6, 6.07) is 40.1. The molecule has 0 amide bonds. The molecule has 263 valence electrons. The zero-order valence-corrected chi connectivity index (χ0v) is 35.2. The van der Waals surface area contributed by atoms with Crippen molar-refractivity contribution in [3.05, 3.63) is 139 Å². The Hall–Kier alpha value is -3.83. The molecule has 3 nitrogen and oxygen atoms in total. The standard InChI is InChI=1S/C27H22NO.C19H26GeN.Ir/c1-18(2)15-19-13-14-28-25(16-19)24-10-6-9-23-22-12-11-21(17-26(22)29-27(23)24)20-7-4-3-5-8-20;1-19(2,3)13-16-12-18(15-10-8-7-9-11-15)21-14-17(16)20(4,5)6;/h3-9,11-14,16-18H,15H2,1-2H3;7-10,12,14H,13H2,1-6H3;/q2*-1;/i15D2;13D2;. The number of fused-ring (bicyclic) bond motifs is 3. The first kappa shape index (κ1) is 33.0. The first-order valence-corrected chi connectivity index (χ1v) is 24.6. The summed E-state index contributed by atoms with van der Waals surface area (Å²) in [5.74, 6) is 6.71. The Morgan fingerprint density at radius 3 is 2.24 bits per heavy atom. The van der Waals surface area contributed by atoms with Crippen LogP contribution in [0.4, 0.5) is 0 Å². The number of furan rings is 1. The van der Waals surface area contributed by atoms with Gasteiger partial charge in [-0.3, -0.25) is 0 Å². The van der Waals surface area contributed by atoms with E-state index in [2.05, 4.69) is 69.7 Å². The van der Waals surface area contributed by atoms with Gasteiger partial charge in [-0.25, -0.2) is 0 Å². The predicted octanol–water partition coefficient (Wildman–Crippen LogP) is 12.0. The van der Waals surface area contributed by atoms with Crippen molar-refractivity contribution in [3.63, 3.8) is 0 Å². The molecule has 0 N–H and O–H groups in total. The van der Waals surface area contributed by atoms with Crippen LogP contribution in [0.2, 0.25) is 17.3 Å². The fraction of sp³-hybridized carbons (Fsp3) is 0.261. The summed E-state index contributed by atoms with van der Waals surface area (Å²) in [6.07, 6.45) is 0.722. The number of hydrogen-bond acceptors (Lipinski definition) is 3. The van der Waals surface area contributed by atoms with Gasteiger partial charge in [0.25, 0.3) is 0 Å². The van der Waals surface area contributed by atoms with Gasteiger partial charge in [-0.15, -0.1) is 18.2 Å². The van der Waals surface area contributed by atoms with Crippen molar-refractivity contribution in [2.45, 2.75) is 64.6 Å². The van der Waals surface area contributed by atoms with Crippen molar-refractivity contribution < 1.29 is 30.0 Å². The molecule has 0 spiro atoms. The van der Waals surface area contributed by atoms with E-state index in [1.165, 1.54) is 0 Å². The second-order valence-electron chi connectivity index (χ2n) is 15.0. The summed E-state index contributed by atoms with van der Waals surface area (Å²) in [7, 11) is 0. The maximum atomic E-state index is 8.76. The van der Waals surface area contributed by atoms with Gasteiger partial charge >= 0.3 is 135 Å². The van der Waals surface area contributed by atoms with E-state index in [0.29, 0.717) is 11.3 Å². The van der Waals surface area contributed by atoms with E-state index in [4.69, 9.17) is 9.90 Å². The van der Waals surface area contributed by atoms with Crippen LogP contribution >= 0.6 is 0 Å². The number of nitrogens with zero attached hydrogens (tertiary/aromatic N) is 2. The zero-order chi connectivity index (χ0) is 39.1. The van der Waals surface area contributed by atoms with Gasteiger partial charge in [0.2, 0.25) is 0 Å². The third-order valence-corrected chi connectivity index (χ3v) is 12.4. The molecule has 0 aliphatic heterocycles. The topological polar surface area (TPSA) is 38.9 Å². The molecule has 3 heterocycles. The molecule has 0 fully saturated rings. The maximum absolute atomic E-state index is 8.76. The van der Waals surface area contributed by atoms with Gasteiger partial charge in [-0.1, -0.05) is 78.9 Å². The molecule has 0 unspecified atom stereocenters. The molecule has 7 rings (SSSR count). The Kier molecular flexibility index (Phi) is 10.5. The van der Waals surface area contributed by atoms with Crippen LogP contribution in [0.15, 0.2) is 120 Å². The zero-order valence-electron chi connectivity index (χ0n) is 34.7. The molecule has 7 aromatic rings. The first-order valence-electron chi connectivity index (χ1n) is 19.3. The fourth-order valence-corrected chi connectivity index (χ4v) is 8.92. The van der Waals surface area contributed by atoms with E-state index >= 15 is 0 Å². The van der Waals surface area contributed by atoms with Crippen LogP contribution in [0, 0.1) is 23.5 Å². The fourth-order valence-electron chi connectivity index (χ4n) is 5.99. The number of aromatic nitrogens is 2. The average molecular weight is 914 g/mol. The third kappa shape index (κ3) is 9.54. The maximum Gasteiger partial charge on any atom is 0.121 e. The quantitative estimate of drug-likeness (QED) is 0.118. The summed E-state index contributed by atoms with van der Waals surface area (Å²) in [4.78, 5) is 9.13. The van der Waals surface area contributed by atoms with Crippen LogP contribution in [0.25, 0.3) is 55.6 Å². The normalized spacial score (nSPS) is 13.4. The van der Waals surface area contributed by atoms with E-state index < -0.39 is 31.4 Å². The largest absolute Gasteiger partial charge is 0.501 e. The second-order valence-corrected chi connectivity index (χ2v) is 25.6. The van der Waals surface area contributed by atoms with Crippen LogP contribution in [-0.2, 0) is 32.9 Å². The SMILES string of the molecule is [2H]C([2H])(c1cc(-c2[c-]cccc2)nc[c]1[Ge]([CH3])([CH3])[CH3])C(C)(C)C.[2H]C([2H])(c1ccnc(-c2[c-]ccc3c2oc2cc(-c4ccccc4)ccc23)c1)C(C)C.[Ir]. The summed E-state index contributed by atoms with van der Waals surface area (Å²) in [5.41, 5.74) is 7.82. The van der Waals surface area contributed by atoms with Crippen molar-refractivity contribution in [2.75, 3.05) is 0 Å². The summed E-state index contributed by atoms with van der Waals surface area (Å²) < 4.78 is 41.9. The van der Waals surface area contributed by atoms with Crippen molar-refractivity contribution in [3.8, 4) is 33.6 Å². The van der Waals surface area contributed by atoms with Crippen LogP contribution in [0.1, 0.15) is 51.2 Å². The van der Waals surface area contributed by atoms with Crippen LogP contribution < -0.4 is 4.40 Å². The van der Waals surface area contributed by atoms with E-state index in [9.17, 15) is 0 Å². The van der Waals surface area contributed by atoms with Crippen LogP contribution in [-0.4, -0.2) is 23.2 Å². The van der Waals surface area contributed by atoms with Gasteiger partial charge in [0.05, 0.1) is 5.58 Å². The molecule has 0 aliphatic rings. The molecular formula is C46H48GeIrN2O-2. The summed E-state index contributed by atoms with van der Waals surface area (Å²) in [5, 5.41) is 2.04. The van der Waals surface area contributed by atoms with Crippen molar-refractivity contribution >= 4 is 39.6 Å². The molecule has 1 radical (unpaired) electrons. The Morgan fingerprint density at radius 2 is 1.55 bits per heavy atom. The van der Waals surface area contributed by atoms with Crippen LogP contribution in [0.3, 0.4) is 0 Å². The Labute approximate surface area is 326 Å². The van der Waals surface area contributed by atoms with Crippen molar-refractivity contribution in [2.24, 2.45) is 11.3 Å². The second kappa shape index (κ2) is 16.2. The third-order valence-electron chi connectivity index (χ3n) is 8.22. The minimum Gasteiger partial charge on any atom is -0.501 e. The van der Waals surface area contributed by atoms with Gasteiger partial charge in [0, 0.05) is 34.4 Å². The number of pyridine rings is 2. The molecule has 0 saturated heterocycles. The monoisotopic (exact) mass is 915 g/mol. The minimum absolute atomic E-state index is 0. The molecule has 51 heavy (non-hydrogen) atoms. The average Bonchev–Trinajstić information content (AvgIpc) is 3.53. The molecule has 0 aliphatic carbocycles. The van der Waals surface area contributed by atoms with E-state index in [1.54, 1.807) is 12.3 Å². The van der Waals surface area contributed by atoms with Crippen molar-refractivity contribution in [1.82, 2.24) is 9.97 Å². The van der Waals surface area contributed by atoms with Crippen molar-refractivity contribution in [1.29, 1.82) is 0 Å². The van der Waals surface area contributed by atoms with E-state index in [-0.39, 0.29) is 26.0 Å². The first-order chi connectivity index (χ1) is 25.4. The smallest absolute Gasteiger partial charge is 0.121 e. The summed E-state index contributed by atoms with van der Waals surface area (Å²) >= 11 is -2.24. The number of rotatable bonds is 7. The van der Waals surface area contributed by atoms with Gasteiger partial charge in [0.1, 0.15) is 5.58 Å². The molecule has 5 heteroatoms. The molecule has 4 aromatic carbocycles. The number of benzene rings is 4. The van der Waals surface area contributed by atoms with Gasteiger partial charge in [-0.2, -0.15) is 0 Å². The number of hydrogen-bond donors (Lipinski definition) is 0. The Bertz CT molecular complexity index is 2400. The molecule has 0 bridgehead atoms. The van der Waals surface area contributed by atoms with E-state index in [0.717, 1.165) is 59.8 Å². The Balaban J connectivity index is 0.000000217. The molecule has 3 aromatic heterocycles. The molecular weight excluding hydrogens is 861 g/mol. The minimum atomic E-state index is -2.24. The van der Waals surface area contributed by atoms with Gasteiger partial charge < -0.3 is 9.40 Å². The van der Waals surface area contributed by atoms with Gasteiger partial charge in [-0.05, 0) is 41.2 Å². The predicted molar refractivity (Wildman–Crippen MR) is 214 cm³/mol. The van der Waals surface area contributed by atoms with E-state index in [1.807, 2.05) is 108 Å². The molecule has 0 atom stereocenters. The molecule has 0 saturated carbocycles.